The van der Waals surface area contributed by atoms with Crippen LogP contribution in [0.3, 0.4) is 0 Å². The summed E-state index contributed by atoms with van der Waals surface area (Å²) in [4.78, 5) is 0. The quantitative estimate of drug-likeness (QED) is 0.576. The Hall–Kier alpha value is -0.300. The minimum Gasteiger partial charge on any atom is -0.371 e. The van der Waals surface area contributed by atoms with Gasteiger partial charge >= 0.3 is 0 Å². The van der Waals surface area contributed by atoms with Crippen molar-refractivity contribution >= 4 is 0 Å². The molecule has 1 nitrogen and oxygen atoms in total. The Bertz CT molecular complexity index is 257. The van der Waals surface area contributed by atoms with Crippen molar-refractivity contribution in [1.29, 1.82) is 0 Å². The van der Waals surface area contributed by atoms with Crippen LogP contribution in [0.4, 0.5) is 0 Å². The van der Waals surface area contributed by atoms with Crippen molar-refractivity contribution in [1.82, 2.24) is 0 Å². The van der Waals surface area contributed by atoms with E-state index in [0.29, 0.717) is 0 Å². The van der Waals surface area contributed by atoms with Gasteiger partial charge in [0.15, 0.2) is 0 Å². The lowest BCUT2D eigenvalue weighted by Crippen LogP contribution is -2.44. The highest BCUT2D eigenvalue weighted by Gasteiger charge is 2.41. The average Bonchev–Trinajstić information content (AvgIpc) is 2.47. The van der Waals surface area contributed by atoms with Crippen molar-refractivity contribution in [3.63, 3.8) is 0 Å². The molecule has 0 saturated heterocycles. The predicted molar refractivity (Wildman–Crippen MR) is 82.3 cm³/mol. The van der Waals surface area contributed by atoms with E-state index in [2.05, 4.69) is 13.5 Å². The van der Waals surface area contributed by atoms with Gasteiger partial charge in [-0.2, -0.15) is 0 Å². The van der Waals surface area contributed by atoms with E-state index in [1.165, 1.54) is 70.6 Å². The first-order chi connectivity index (χ1) is 9.30. The number of ether oxygens (including phenoxy) is 1. The topological polar surface area (TPSA) is 9.23 Å². The molecule has 2 fully saturated rings. The van der Waals surface area contributed by atoms with E-state index in [-0.39, 0.29) is 5.60 Å². The van der Waals surface area contributed by atoms with Crippen LogP contribution >= 0.6 is 0 Å². The van der Waals surface area contributed by atoms with E-state index in [4.69, 9.17) is 4.74 Å². The highest BCUT2D eigenvalue weighted by atomic mass is 16.5. The molecule has 0 bridgehead atoms. The third-order valence-electron chi connectivity index (χ3n) is 5.48. The van der Waals surface area contributed by atoms with Crippen LogP contribution in [0.5, 0.6) is 0 Å². The maximum absolute atomic E-state index is 6.34. The molecule has 2 aliphatic rings. The SMILES string of the molecule is C=CCOC1(C2CCC(CCC)CC2)CCCCC1. The standard InChI is InChI=1S/C18H32O/c1-3-8-16-9-11-17(12-10-16)18(19-15-4-2)13-6-5-7-14-18/h4,16-17H,2-3,5-15H2,1H3. The second-order valence-electron chi connectivity index (χ2n) is 6.73. The molecule has 0 atom stereocenters. The van der Waals surface area contributed by atoms with Gasteiger partial charge in [0.05, 0.1) is 12.2 Å². The summed E-state index contributed by atoms with van der Waals surface area (Å²) in [5.41, 5.74) is 0.212. The molecule has 1 heteroatoms. The molecule has 0 N–H and O–H groups in total. The lowest BCUT2D eigenvalue weighted by molar-refractivity contribution is -0.111. The third-order valence-corrected chi connectivity index (χ3v) is 5.48. The first-order valence-electron chi connectivity index (χ1n) is 8.55. The lowest BCUT2D eigenvalue weighted by Gasteiger charge is -2.46. The summed E-state index contributed by atoms with van der Waals surface area (Å²) >= 11 is 0. The highest BCUT2D eigenvalue weighted by Crippen LogP contribution is 2.45. The molecule has 0 spiro atoms. The molecule has 2 rings (SSSR count). The second-order valence-corrected chi connectivity index (χ2v) is 6.73. The zero-order valence-electron chi connectivity index (χ0n) is 12.8. The van der Waals surface area contributed by atoms with Gasteiger partial charge in [-0.25, -0.2) is 0 Å². The van der Waals surface area contributed by atoms with Crippen LogP contribution in [-0.4, -0.2) is 12.2 Å². The minimum absolute atomic E-state index is 0.212. The Morgan fingerprint density at radius 1 is 1.11 bits per heavy atom. The fraction of sp³-hybridized carbons (Fsp3) is 0.889. The molecule has 0 heterocycles. The van der Waals surface area contributed by atoms with Gasteiger partial charge in [-0.05, 0) is 37.5 Å². The molecule has 0 aromatic heterocycles. The molecule has 0 unspecified atom stereocenters. The summed E-state index contributed by atoms with van der Waals surface area (Å²) < 4.78 is 6.34. The second kappa shape index (κ2) is 7.47. The molecule has 0 aromatic carbocycles. The molecule has 2 aliphatic carbocycles. The number of rotatable bonds is 6. The van der Waals surface area contributed by atoms with Gasteiger partial charge in [-0.1, -0.05) is 57.9 Å². The van der Waals surface area contributed by atoms with Crippen LogP contribution in [0.15, 0.2) is 12.7 Å². The summed E-state index contributed by atoms with van der Waals surface area (Å²) in [6.45, 7) is 6.90. The summed E-state index contributed by atoms with van der Waals surface area (Å²) in [7, 11) is 0. The summed E-state index contributed by atoms with van der Waals surface area (Å²) in [5.74, 6) is 1.82. The van der Waals surface area contributed by atoms with Gasteiger partial charge < -0.3 is 4.74 Å². The van der Waals surface area contributed by atoms with Crippen molar-refractivity contribution in [2.75, 3.05) is 6.61 Å². The van der Waals surface area contributed by atoms with Crippen LogP contribution in [0.2, 0.25) is 0 Å². The summed E-state index contributed by atoms with van der Waals surface area (Å²) in [5, 5.41) is 0. The smallest absolute Gasteiger partial charge is 0.0714 e. The van der Waals surface area contributed by atoms with Crippen LogP contribution in [0.1, 0.15) is 77.6 Å². The van der Waals surface area contributed by atoms with Crippen molar-refractivity contribution in [3.05, 3.63) is 12.7 Å². The van der Waals surface area contributed by atoms with Crippen molar-refractivity contribution in [2.24, 2.45) is 11.8 Å². The van der Waals surface area contributed by atoms with E-state index in [1.54, 1.807) is 0 Å². The summed E-state index contributed by atoms with van der Waals surface area (Å²) in [6.07, 6.45) is 17.1. The fourth-order valence-corrected chi connectivity index (χ4v) is 4.43. The first-order valence-corrected chi connectivity index (χ1v) is 8.55. The molecule has 19 heavy (non-hydrogen) atoms. The van der Waals surface area contributed by atoms with Crippen molar-refractivity contribution < 1.29 is 4.74 Å². The van der Waals surface area contributed by atoms with Gasteiger partial charge in [0, 0.05) is 0 Å². The molecule has 2 saturated carbocycles. The Kier molecular flexibility index (Phi) is 5.94. The van der Waals surface area contributed by atoms with Gasteiger partial charge in [0.2, 0.25) is 0 Å². The van der Waals surface area contributed by atoms with Crippen molar-refractivity contribution in [2.45, 2.75) is 83.2 Å². The molecule has 0 aromatic rings. The number of hydrogen-bond donors (Lipinski definition) is 0. The van der Waals surface area contributed by atoms with Crippen LogP contribution < -0.4 is 0 Å². The molecule has 0 radical (unpaired) electrons. The lowest BCUT2D eigenvalue weighted by atomic mass is 9.67. The van der Waals surface area contributed by atoms with Crippen LogP contribution in [0, 0.1) is 11.8 Å². The monoisotopic (exact) mass is 264 g/mol. The molecular weight excluding hydrogens is 232 g/mol. The van der Waals surface area contributed by atoms with Gasteiger partial charge in [0.1, 0.15) is 0 Å². The van der Waals surface area contributed by atoms with E-state index in [9.17, 15) is 0 Å². The largest absolute Gasteiger partial charge is 0.371 e. The maximum atomic E-state index is 6.34. The van der Waals surface area contributed by atoms with E-state index < -0.39 is 0 Å². The predicted octanol–water partition coefficient (Wildman–Crippen LogP) is 5.50. The van der Waals surface area contributed by atoms with E-state index in [1.807, 2.05) is 6.08 Å². The first kappa shape index (κ1) is 15.1. The molecule has 0 amide bonds. The highest BCUT2D eigenvalue weighted by molar-refractivity contribution is 4.94. The zero-order valence-corrected chi connectivity index (χ0v) is 12.8. The van der Waals surface area contributed by atoms with Gasteiger partial charge in [0.25, 0.3) is 0 Å². The maximum Gasteiger partial charge on any atom is 0.0714 e. The minimum atomic E-state index is 0.212. The van der Waals surface area contributed by atoms with Gasteiger partial charge in [-0.15, -0.1) is 6.58 Å². The van der Waals surface area contributed by atoms with Crippen LogP contribution in [-0.2, 0) is 4.74 Å². The van der Waals surface area contributed by atoms with Crippen molar-refractivity contribution in [3.8, 4) is 0 Å². The Morgan fingerprint density at radius 3 is 2.37 bits per heavy atom. The molecule has 0 aliphatic heterocycles. The third kappa shape index (κ3) is 3.84. The normalized spacial score (nSPS) is 31.0. The zero-order chi connectivity index (χ0) is 13.6. The van der Waals surface area contributed by atoms with Gasteiger partial charge in [-0.3, -0.25) is 0 Å². The average molecular weight is 264 g/mol. The van der Waals surface area contributed by atoms with Crippen LogP contribution in [0.25, 0.3) is 0 Å². The Morgan fingerprint density at radius 2 is 1.79 bits per heavy atom. The summed E-state index contributed by atoms with van der Waals surface area (Å²) in [6, 6.07) is 0. The molecule has 110 valence electrons. The number of hydrogen-bond acceptors (Lipinski definition) is 1. The Labute approximate surface area is 119 Å². The van der Waals surface area contributed by atoms with E-state index >= 15 is 0 Å². The molecular formula is C18H32O. The fourth-order valence-electron chi connectivity index (χ4n) is 4.43. The Balaban J connectivity index is 1.93. The van der Waals surface area contributed by atoms with E-state index in [0.717, 1.165) is 18.4 Å².